The van der Waals surface area contributed by atoms with E-state index >= 15 is 0 Å². The van der Waals surface area contributed by atoms with E-state index in [9.17, 15) is 14.0 Å². The Balaban J connectivity index is 1.54. The second kappa shape index (κ2) is 15.0. The van der Waals surface area contributed by atoms with Gasteiger partial charge >= 0.3 is 0 Å². The highest BCUT2D eigenvalue weighted by atomic mass is 79.9. The Morgan fingerprint density at radius 3 is 2.84 bits per heavy atom. The predicted molar refractivity (Wildman–Crippen MR) is 150 cm³/mol. The van der Waals surface area contributed by atoms with Crippen LogP contribution in [0.3, 0.4) is 0 Å². The molecule has 0 aliphatic carbocycles. The fourth-order valence-corrected chi connectivity index (χ4v) is 5.31. The third-order valence-corrected chi connectivity index (χ3v) is 7.33. The van der Waals surface area contributed by atoms with E-state index in [1.165, 1.54) is 11.6 Å². The number of aldehydes is 1. The van der Waals surface area contributed by atoms with Crippen molar-refractivity contribution in [2.75, 3.05) is 26.2 Å². The van der Waals surface area contributed by atoms with Crippen molar-refractivity contribution >= 4 is 34.1 Å². The highest BCUT2D eigenvalue weighted by Crippen LogP contribution is 2.22. The lowest BCUT2D eigenvalue weighted by Crippen LogP contribution is -2.37. The molecule has 1 saturated heterocycles. The summed E-state index contributed by atoms with van der Waals surface area (Å²) in [5, 5.41) is 2.62. The van der Waals surface area contributed by atoms with Crippen molar-refractivity contribution in [3.8, 4) is 0 Å². The topological polar surface area (TPSA) is 87.8 Å². The van der Waals surface area contributed by atoms with Crippen LogP contribution in [0.1, 0.15) is 66.1 Å². The molecule has 3 N–H and O–H groups in total. The molecule has 8 heteroatoms. The smallest absolute Gasteiger partial charge is 0.258 e. The molecular formula is C29H38BrFN4O2. The number of aliphatic imine (C=N–C) groups is 1. The van der Waals surface area contributed by atoms with Gasteiger partial charge in [-0.3, -0.25) is 15.1 Å². The van der Waals surface area contributed by atoms with Crippen LogP contribution < -0.4 is 11.1 Å². The standard InChI is InChI=1S/C29H38BrFN4O2/c1-2-7-22-11-13-24(30)18-23(22)12-14-25-26(9-5-10-27(25)31)28(37)34-29(32)33-15-3-4-16-35-17-6-8-21(19-35)20-36/h5,9-11,13,18,20-21H,2-4,6-8,12,14-17,19H2,1H3,(H3,32,33,34,37). The SMILES string of the molecule is CCCc1ccc(Br)cc1CCc1c(F)cccc1C(=O)NC(N)=NCCCCN1CCCC(C=O)C1. The third-order valence-electron chi connectivity index (χ3n) is 6.84. The minimum absolute atomic E-state index is 0.0384. The van der Waals surface area contributed by atoms with Crippen LogP contribution in [0.25, 0.3) is 0 Å². The lowest BCUT2D eigenvalue weighted by atomic mass is 9.95. The van der Waals surface area contributed by atoms with E-state index in [2.05, 4.69) is 50.2 Å². The maximum Gasteiger partial charge on any atom is 0.258 e. The fraction of sp³-hybridized carbons (Fsp3) is 0.483. The number of hydrogen-bond acceptors (Lipinski definition) is 4. The number of likely N-dealkylation sites (tertiary alicyclic amines) is 1. The summed E-state index contributed by atoms with van der Waals surface area (Å²) in [5.74, 6) is -0.661. The van der Waals surface area contributed by atoms with Gasteiger partial charge in [-0.1, -0.05) is 41.4 Å². The molecule has 0 spiro atoms. The van der Waals surface area contributed by atoms with Gasteiger partial charge in [-0.2, -0.15) is 0 Å². The van der Waals surface area contributed by atoms with Crippen LogP contribution in [-0.4, -0.2) is 49.2 Å². The Hall–Kier alpha value is -2.58. The maximum atomic E-state index is 14.8. The van der Waals surface area contributed by atoms with Gasteiger partial charge in [0.25, 0.3) is 5.91 Å². The Labute approximate surface area is 228 Å². The van der Waals surface area contributed by atoms with Crippen LogP contribution in [0.15, 0.2) is 45.9 Å². The summed E-state index contributed by atoms with van der Waals surface area (Å²) < 4.78 is 15.8. The summed E-state index contributed by atoms with van der Waals surface area (Å²) in [5.41, 5.74) is 9.02. The van der Waals surface area contributed by atoms with E-state index in [1.54, 1.807) is 12.1 Å². The molecule has 1 amide bonds. The molecule has 1 aliphatic heterocycles. The van der Waals surface area contributed by atoms with Gasteiger partial charge in [-0.25, -0.2) is 4.39 Å². The number of rotatable bonds is 12. The van der Waals surface area contributed by atoms with Crippen LogP contribution in [0, 0.1) is 11.7 Å². The van der Waals surface area contributed by atoms with Gasteiger partial charge in [-0.15, -0.1) is 0 Å². The van der Waals surface area contributed by atoms with Crippen LogP contribution in [0.5, 0.6) is 0 Å². The molecule has 3 rings (SSSR count). The van der Waals surface area contributed by atoms with Gasteiger partial charge in [0, 0.05) is 34.6 Å². The number of amides is 1. The third kappa shape index (κ3) is 9.04. The van der Waals surface area contributed by atoms with Gasteiger partial charge in [0.15, 0.2) is 5.96 Å². The average Bonchev–Trinajstić information content (AvgIpc) is 2.89. The van der Waals surface area contributed by atoms with Crippen molar-refractivity contribution in [3.05, 3.63) is 68.9 Å². The minimum Gasteiger partial charge on any atom is -0.370 e. The van der Waals surface area contributed by atoms with E-state index in [4.69, 9.17) is 5.73 Å². The van der Waals surface area contributed by atoms with E-state index in [1.807, 2.05) is 6.07 Å². The van der Waals surface area contributed by atoms with E-state index < -0.39 is 11.7 Å². The number of unbranched alkanes of at least 4 members (excludes halogenated alkanes) is 1. The Morgan fingerprint density at radius 1 is 1.22 bits per heavy atom. The van der Waals surface area contributed by atoms with E-state index in [0.717, 1.165) is 74.5 Å². The van der Waals surface area contributed by atoms with Crippen molar-refractivity contribution in [1.29, 1.82) is 0 Å². The number of carbonyl (C=O) groups is 2. The highest BCUT2D eigenvalue weighted by Gasteiger charge is 2.19. The quantitative estimate of drug-likeness (QED) is 0.161. The van der Waals surface area contributed by atoms with Crippen molar-refractivity contribution in [3.63, 3.8) is 0 Å². The average molecular weight is 574 g/mol. The van der Waals surface area contributed by atoms with E-state index in [-0.39, 0.29) is 17.4 Å². The molecule has 2 aromatic carbocycles. The summed E-state index contributed by atoms with van der Waals surface area (Å²) in [6.07, 6.45) is 7.90. The van der Waals surface area contributed by atoms with Gasteiger partial charge in [0.2, 0.25) is 0 Å². The number of nitrogens with two attached hydrogens (primary N) is 1. The van der Waals surface area contributed by atoms with Gasteiger partial charge in [0.05, 0.1) is 0 Å². The van der Waals surface area contributed by atoms with Gasteiger partial charge in [-0.05, 0) is 93.4 Å². The van der Waals surface area contributed by atoms with Crippen LogP contribution in [0.4, 0.5) is 4.39 Å². The summed E-state index contributed by atoms with van der Waals surface area (Å²) in [6.45, 7) is 5.42. The number of guanidine groups is 1. The second-order valence-electron chi connectivity index (χ2n) is 9.70. The number of benzene rings is 2. The maximum absolute atomic E-state index is 14.8. The number of carbonyl (C=O) groups excluding carboxylic acids is 2. The molecule has 0 bridgehead atoms. The Kier molecular flexibility index (Phi) is 11.7. The molecular weight excluding hydrogens is 535 g/mol. The first-order chi connectivity index (χ1) is 17.9. The first-order valence-electron chi connectivity index (χ1n) is 13.2. The number of piperidine rings is 1. The first kappa shape index (κ1) is 29.0. The summed E-state index contributed by atoms with van der Waals surface area (Å²) in [6, 6.07) is 10.7. The normalized spacial score (nSPS) is 16.5. The van der Waals surface area contributed by atoms with Gasteiger partial charge < -0.3 is 15.4 Å². The van der Waals surface area contributed by atoms with Crippen molar-refractivity contribution in [2.45, 2.75) is 58.3 Å². The second-order valence-corrected chi connectivity index (χ2v) is 10.6. The lowest BCUT2D eigenvalue weighted by Gasteiger charge is -2.29. The predicted octanol–water partition coefficient (Wildman–Crippen LogP) is 5.06. The fourth-order valence-electron chi connectivity index (χ4n) is 4.90. The number of aryl methyl sites for hydroxylation is 2. The molecule has 1 heterocycles. The molecule has 6 nitrogen and oxygen atoms in total. The number of nitrogens with one attached hydrogen (secondary N) is 1. The molecule has 37 heavy (non-hydrogen) atoms. The lowest BCUT2D eigenvalue weighted by molar-refractivity contribution is -0.112. The molecule has 1 unspecified atom stereocenters. The summed E-state index contributed by atoms with van der Waals surface area (Å²) in [7, 11) is 0. The molecule has 2 aromatic rings. The minimum atomic E-state index is -0.452. The molecule has 200 valence electrons. The monoisotopic (exact) mass is 572 g/mol. The Bertz CT molecular complexity index is 1090. The zero-order valence-corrected chi connectivity index (χ0v) is 23.2. The largest absolute Gasteiger partial charge is 0.370 e. The van der Waals surface area contributed by atoms with Crippen LogP contribution >= 0.6 is 15.9 Å². The van der Waals surface area contributed by atoms with Gasteiger partial charge in [0.1, 0.15) is 12.1 Å². The molecule has 0 saturated carbocycles. The molecule has 1 aliphatic rings. The number of hydrogen-bond donors (Lipinski definition) is 2. The van der Waals surface area contributed by atoms with Crippen molar-refractivity contribution < 1.29 is 14.0 Å². The molecule has 1 fully saturated rings. The Morgan fingerprint density at radius 2 is 2.05 bits per heavy atom. The number of halogens is 2. The van der Waals surface area contributed by atoms with Crippen LogP contribution in [-0.2, 0) is 24.1 Å². The molecule has 0 aromatic heterocycles. The van der Waals surface area contributed by atoms with E-state index in [0.29, 0.717) is 24.9 Å². The summed E-state index contributed by atoms with van der Waals surface area (Å²) in [4.78, 5) is 30.6. The number of nitrogens with zero attached hydrogens (tertiary/aromatic N) is 2. The molecule has 1 atom stereocenters. The zero-order valence-electron chi connectivity index (χ0n) is 21.6. The first-order valence-corrected chi connectivity index (χ1v) is 14.0. The van der Waals surface area contributed by atoms with Crippen molar-refractivity contribution in [2.24, 2.45) is 16.6 Å². The molecule has 0 radical (unpaired) electrons. The zero-order chi connectivity index (χ0) is 26.6. The highest BCUT2D eigenvalue weighted by molar-refractivity contribution is 9.10. The summed E-state index contributed by atoms with van der Waals surface area (Å²) >= 11 is 3.53. The van der Waals surface area contributed by atoms with Crippen LogP contribution in [0.2, 0.25) is 0 Å². The van der Waals surface area contributed by atoms with Crippen molar-refractivity contribution in [1.82, 2.24) is 10.2 Å².